The number of hydrogen-bond donors (Lipinski definition) is 1. The van der Waals surface area contributed by atoms with E-state index in [1.54, 1.807) is 0 Å². The minimum Gasteiger partial charge on any atom is -0.462 e. The van der Waals surface area contributed by atoms with Gasteiger partial charge in [-0.1, -0.05) is 25.8 Å². The molecule has 0 aromatic heterocycles. The van der Waals surface area contributed by atoms with Crippen molar-refractivity contribution in [2.24, 2.45) is 11.8 Å². The summed E-state index contributed by atoms with van der Waals surface area (Å²) < 4.78 is 32.4. The molecule has 0 bridgehead atoms. The Labute approximate surface area is 118 Å². The molecule has 0 aromatic carbocycles. The Morgan fingerprint density at radius 2 is 2.20 bits per heavy atom. The van der Waals surface area contributed by atoms with Gasteiger partial charge >= 0.3 is 5.97 Å². The summed E-state index contributed by atoms with van der Waals surface area (Å²) in [5, 5.41) is 9.90. The molecule has 1 N–H and O–H groups in total. The van der Waals surface area contributed by atoms with Gasteiger partial charge in [0.25, 0.3) is 5.92 Å². The van der Waals surface area contributed by atoms with Gasteiger partial charge in [0.2, 0.25) is 0 Å². The summed E-state index contributed by atoms with van der Waals surface area (Å²) in [4.78, 5) is 11.2. The summed E-state index contributed by atoms with van der Waals surface area (Å²) in [7, 11) is 0. The van der Waals surface area contributed by atoms with Crippen LogP contribution < -0.4 is 0 Å². The Kier molecular flexibility index (Phi) is 4.78. The van der Waals surface area contributed by atoms with E-state index in [4.69, 9.17) is 4.74 Å². The van der Waals surface area contributed by atoms with Crippen LogP contribution in [0.15, 0.2) is 12.2 Å². The number of halogens is 2. The van der Waals surface area contributed by atoms with Gasteiger partial charge in [0, 0.05) is 24.7 Å². The second kappa shape index (κ2) is 6.20. The Morgan fingerprint density at radius 1 is 1.45 bits per heavy atom. The van der Waals surface area contributed by atoms with Crippen LogP contribution in [-0.4, -0.2) is 29.2 Å². The van der Waals surface area contributed by atoms with Gasteiger partial charge in [-0.2, -0.15) is 0 Å². The van der Waals surface area contributed by atoms with Crippen molar-refractivity contribution >= 4 is 5.97 Å². The molecule has 0 spiro atoms. The molecule has 114 valence electrons. The quantitative estimate of drug-likeness (QED) is 0.464. The number of esters is 1. The van der Waals surface area contributed by atoms with Crippen LogP contribution in [0.4, 0.5) is 8.78 Å². The van der Waals surface area contributed by atoms with Crippen molar-refractivity contribution in [1.82, 2.24) is 0 Å². The first-order chi connectivity index (χ1) is 9.43. The van der Waals surface area contributed by atoms with E-state index >= 15 is 0 Å². The van der Waals surface area contributed by atoms with E-state index in [2.05, 4.69) is 0 Å². The molecule has 1 saturated heterocycles. The van der Waals surface area contributed by atoms with Crippen molar-refractivity contribution in [3.05, 3.63) is 12.2 Å². The largest absolute Gasteiger partial charge is 0.462 e. The van der Waals surface area contributed by atoms with Crippen LogP contribution in [0.1, 0.15) is 45.4 Å². The van der Waals surface area contributed by atoms with E-state index in [1.165, 1.54) is 6.08 Å². The van der Waals surface area contributed by atoms with Crippen molar-refractivity contribution < 1.29 is 23.4 Å². The molecular formula is C15H22F2O3. The lowest BCUT2D eigenvalue weighted by Gasteiger charge is -2.17. The first-order valence-corrected chi connectivity index (χ1v) is 7.37. The highest BCUT2D eigenvalue weighted by molar-refractivity contribution is 5.72. The van der Waals surface area contributed by atoms with Gasteiger partial charge in [-0.25, -0.2) is 8.78 Å². The summed E-state index contributed by atoms with van der Waals surface area (Å²) in [5.41, 5.74) is 0. The van der Waals surface area contributed by atoms with Gasteiger partial charge in [0.05, 0.1) is 12.5 Å². The van der Waals surface area contributed by atoms with Crippen LogP contribution in [0.2, 0.25) is 0 Å². The average Bonchev–Trinajstić information content (AvgIpc) is 2.82. The Balaban J connectivity index is 1.94. The molecule has 3 nitrogen and oxygen atoms in total. The van der Waals surface area contributed by atoms with Crippen LogP contribution in [0.3, 0.4) is 0 Å². The Hall–Kier alpha value is -0.970. The third-order valence-corrected chi connectivity index (χ3v) is 4.25. The van der Waals surface area contributed by atoms with Crippen LogP contribution in [0.5, 0.6) is 0 Å². The normalized spacial score (nSPS) is 33.7. The van der Waals surface area contributed by atoms with Crippen molar-refractivity contribution in [3.63, 3.8) is 0 Å². The second-order valence-corrected chi connectivity index (χ2v) is 5.85. The number of unbranched alkanes of at least 4 members (excludes halogenated alkanes) is 2. The number of alkyl halides is 2. The van der Waals surface area contributed by atoms with Gasteiger partial charge < -0.3 is 9.84 Å². The number of allylic oxidation sites excluding steroid dienone is 1. The molecule has 0 amide bonds. The zero-order valence-corrected chi connectivity index (χ0v) is 11.7. The molecule has 4 atom stereocenters. The number of ether oxygens (including phenoxy) is 1. The number of aliphatic hydroxyl groups excluding tert-OH is 1. The van der Waals surface area contributed by atoms with E-state index in [-0.39, 0.29) is 30.8 Å². The molecule has 1 heterocycles. The Morgan fingerprint density at radius 3 is 2.90 bits per heavy atom. The van der Waals surface area contributed by atoms with Gasteiger partial charge in [-0.15, -0.1) is 0 Å². The highest BCUT2D eigenvalue weighted by atomic mass is 19.3. The van der Waals surface area contributed by atoms with Crippen LogP contribution >= 0.6 is 0 Å². The molecule has 1 aliphatic carbocycles. The molecule has 2 aliphatic rings. The van der Waals surface area contributed by atoms with Crippen molar-refractivity contribution in [2.45, 2.75) is 63.6 Å². The summed E-state index contributed by atoms with van der Waals surface area (Å²) in [6.07, 6.45) is 3.91. The third-order valence-electron chi connectivity index (χ3n) is 4.25. The third kappa shape index (κ3) is 3.57. The molecule has 1 saturated carbocycles. The van der Waals surface area contributed by atoms with Gasteiger partial charge in [-0.3, -0.25) is 4.79 Å². The minimum atomic E-state index is -2.84. The summed E-state index contributed by atoms with van der Waals surface area (Å²) in [6.45, 7) is 1.97. The lowest BCUT2D eigenvalue weighted by molar-refractivity contribution is -0.141. The van der Waals surface area contributed by atoms with E-state index in [0.29, 0.717) is 12.8 Å². The molecule has 2 rings (SSSR count). The van der Waals surface area contributed by atoms with Crippen LogP contribution in [0.25, 0.3) is 0 Å². The van der Waals surface area contributed by atoms with Gasteiger partial charge in [0.1, 0.15) is 6.10 Å². The second-order valence-electron chi connectivity index (χ2n) is 5.85. The highest BCUT2D eigenvalue weighted by Gasteiger charge is 2.48. The minimum absolute atomic E-state index is 0.153. The topological polar surface area (TPSA) is 46.5 Å². The Bertz CT molecular complexity index is 381. The maximum Gasteiger partial charge on any atom is 0.306 e. The smallest absolute Gasteiger partial charge is 0.306 e. The number of hydrogen-bond acceptors (Lipinski definition) is 3. The average molecular weight is 288 g/mol. The van der Waals surface area contributed by atoms with Gasteiger partial charge in [0.15, 0.2) is 0 Å². The van der Waals surface area contributed by atoms with E-state index < -0.39 is 17.9 Å². The van der Waals surface area contributed by atoms with E-state index in [9.17, 15) is 18.7 Å². The van der Waals surface area contributed by atoms with Crippen LogP contribution in [0, 0.1) is 11.8 Å². The SMILES string of the molecule is CCCCCC(F)(F)C=C[C@@H]1[C@H]2CC(=O)O[C@H]2C[C@H]1O. The molecule has 0 radical (unpaired) electrons. The molecule has 20 heavy (non-hydrogen) atoms. The maximum absolute atomic E-state index is 13.7. The molecule has 1 aliphatic heterocycles. The first-order valence-electron chi connectivity index (χ1n) is 7.37. The zero-order chi connectivity index (χ0) is 14.8. The zero-order valence-electron chi connectivity index (χ0n) is 11.7. The number of carbonyl (C=O) groups is 1. The number of fused-ring (bicyclic) bond motifs is 1. The number of carbonyl (C=O) groups excluding carboxylic acids is 1. The number of aliphatic hydroxyl groups is 1. The van der Waals surface area contributed by atoms with E-state index in [0.717, 1.165) is 18.9 Å². The van der Waals surface area contributed by atoms with Crippen molar-refractivity contribution in [3.8, 4) is 0 Å². The molecule has 2 fully saturated rings. The lowest BCUT2D eigenvalue weighted by atomic mass is 9.91. The number of rotatable bonds is 6. The van der Waals surface area contributed by atoms with Crippen LogP contribution in [-0.2, 0) is 9.53 Å². The van der Waals surface area contributed by atoms with Crippen molar-refractivity contribution in [2.75, 3.05) is 0 Å². The summed E-state index contributed by atoms with van der Waals surface area (Å²) in [6, 6.07) is 0. The highest BCUT2D eigenvalue weighted by Crippen LogP contribution is 2.42. The first kappa shape index (κ1) is 15.4. The van der Waals surface area contributed by atoms with Gasteiger partial charge in [-0.05, 0) is 12.5 Å². The molecular weight excluding hydrogens is 266 g/mol. The summed E-state index contributed by atoms with van der Waals surface area (Å²) >= 11 is 0. The fourth-order valence-corrected chi connectivity index (χ4v) is 3.13. The standard InChI is InChI=1S/C15H22F2O3/c1-2-3-4-6-15(16,17)7-5-10-11-8-14(19)20-13(11)9-12(10)18/h5,7,10-13,18H,2-4,6,8-9H2,1H3/t10-,11-,12-,13+/m1/s1. The maximum atomic E-state index is 13.7. The fourth-order valence-electron chi connectivity index (χ4n) is 3.13. The monoisotopic (exact) mass is 288 g/mol. The molecule has 0 unspecified atom stereocenters. The van der Waals surface area contributed by atoms with Crippen molar-refractivity contribution in [1.29, 1.82) is 0 Å². The predicted octanol–water partition coefficient (Wildman–Crippen LogP) is 3.07. The fraction of sp³-hybridized carbons (Fsp3) is 0.800. The lowest BCUT2D eigenvalue weighted by Crippen LogP contribution is -2.20. The predicted molar refractivity (Wildman–Crippen MR) is 70.3 cm³/mol. The molecule has 5 heteroatoms. The molecule has 0 aromatic rings. The van der Waals surface area contributed by atoms with E-state index in [1.807, 2.05) is 6.92 Å². The summed E-state index contributed by atoms with van der Waals surface area (Å²) in [5.74, 6) is -3.68.